The van der Waals surface area contributed by atoms with Gasteiger partial charge in [-0.15, -0.1) is 0 Å². The van der Waals surface area contributed by atoms with Crippen LogP contribution in [0.4, 0.5) is 8.78 Å². The van der Waals surface area contributed by atoms with E-state index in [-0.39, 0.29) is 19.0 Å². The Morgan fingerprint density at radius 3 is 2.53 bits per heavy atom. The first kappa shape index (κ1) is 11.3. The first-order valence-corrected chi connectivity index (χ1v) is 5.88. The molecule has 0 aromatic rings. The summed E-state index contributed by atoms with van der Waals surface area (Å²) in [4.78, 5) is 2.26. The molecule has 0 spiro atoms. The van der Waals surface area contributed by atoms with Crippen LogP contribution in [0.3, 0.4) is 0 Å². The molecular formula is C11H20F2N2. The highest BCUT2D eigenvalue weighted by Crippen LogP contribution is 2.27. The van der Waals surface area contributed by atoms with Crippen LogP contribution in [0.1, 0.15) is 32.1 Å². The Bertz CT molecular complexity index is 215. The molecule has 1 N–H and O–H groups in total. The highest BCUT2D eigenvalue weighted by molar-refractivity contribution is 4.90. The Balaban J connectivity index is 1.77. The molecule has 1 atom stereocenters. The van der Waals surface area contributed by atoms with E-state index in [0.717, 1.165) is 6.54 Å². The fraction of sp³-hybridized carbons (Fsp3) is 1.00. The van der Waals surface area contributed by atoms with Crippen molar-refractivity contribution in [1.82, 2.24) is 10.2 Å². The van der Waals surface area contributed by atoms with Gasteiger partial charge in [0, 0.05) is 25.0 Å². The van der Waals surface area contributed by atoms with Crippen molar-refractivity contribution in [2.45, 2.75) is 50.1 Å². The van der Waals surface area contributed by atoms with Crippen molar-refractivity contribution in [3.63, 3.8) is 0 Å². The van der Waals surface area contributed by atoms with Crippen LogP contribution >= 0.6 is 0 Å². The van der Waals surface area contributed by atoms with Gasteiger partial charge in [0.2, 0.25) is 0 Å². The number of nitrogens with zero attached hydrogens (tertiary/aromatic N) is 1. The largest absolute Gasteiger partial charge is 0.307 e. The Morgan fingerprint density at radius 2 is 2.00 bits per heavy atom. The van der Waals surface area contributed by atoms with Gasteiger partial charge in [-0.3, -0.25) is 0 Å². The number of halogens is 2. The van der Waals surface area contributed by atoms with Crippen LogP contribution in [0.15, 0.2) is 0 Å². The monoisotopic (exact) mass is 218 g/mol. The Hall–Kier alpha value is -0.220. The molecule has 1 aliphatic heterocycles. The lowest BCUT2D eigenvalue weighted by molar-refractivity contribution is 0.0198. The number of alkyl halides is 2. The molecule has 4 heteroatoms. The van der Waals surface area contributed by atoms with Crippen LogP contribution in [-0.4, -0.2) is 43.0 Å². The third-order valence-electron chi connectivity index (χ3n) is 3.65. The van der Waals surface area contributed by atoms with Crippen LogP contribution in [0, 0.1) is 0 Å². The summed E-state index contributed by atoms with van der Waals surface area (Å²) in [7, 11) is 2.06. The minimum atomic E-state index is -2.48. The fourth-order valence-electron chi connectivity index (χ4n) is 2.77. The van der Waals surface area contributed by atoms with E-state index >= 15 is 0 Å². The maximum absolute atomic E-state index is 12.9. The Morgan fingerprint density at radius 1 is 1.33 bits per heavy atom. The molecule has 0 aromatic heterocycles. The Labute approximate surface area is 90.0 Å². The molecule has 2 rings (SSSR count). The Kier molecular flexibility index (Phi) is 3.26. The van der Waals surface area contributed by atoms with Gasteiger partial charge < -0.3 is 10.2 Å². The highest BCUT2D eigenvalue weighted by atomic mass is 19.3. The topological polar surface area (TPSA) is 15.3 Å². The molecule has 15 heavy (non-hydrogen) atoms. The zero-order chi connectivity index (χ0) is 10.9. The van der Waals surface area contributed by atoms with Gasteiger partial charge in [-0.2, -0.15) is 0 Å². The zero-order valence-electron chi connectivity index (χ0n) is 9.31. The molecule has 1 saturated heterocycles. The standard InChI is InChI=1S/C11H20F2N2/c1-15(10-4-2-3-5-10)7-9-6-11(12,13)8-14-9/h9-10,14H,2-8H2,1H3. The summed E-state index contributed by atoms with van der Waals surface area (Å²) in [6.45, 7) is 0.621. The van der Waals surface area contributed by atoms with Gasteiger partial charge in [0.1, 0.15) is 0 Å². The molecule has 1 saturated carbocycles. The summed E-state index contributed by atoms with van der Waals surface area (Å²) in [5.74, 6) is -2.48. The first-order valence-electron chi connectivity index (χ1n) is 5.88. The summed E-state index contributed by atoms with van der Waals surface area (Å²) in [6, 6.07) is 0.603. The first-order chi connectivity index (χ1) is 7.07. The summed E-state index contributed by atoms with van der Waals surface area (Å²) in [5.41, 5.74) is 0. The second kappa shape index (κ2) is 4.34. The molecule has 88 valence electrons. The molecule has 1 heterocycles. The zero-order valence-corrected chi connectivity index (χ0v) is 9.31. The van der Waals surface area contributed by atoms with Gasteiger partial charge in [-0.05, 0) is 19.9 Å². The number of likely N-dealkylation sites (N-methyl/N-ethyl adjacent to an activating group) is 1. The second-order valence-electron chi connectivity index (χ2n) is 5.02. The van der Waals surface area contributed by atoms with Crippen LogP contribution < -0.4 is 5.32 Å². The van der Waals surface area contributed by atoms with Gasteiger partial charge in [-0.1, -0.05) is 12.8 Å². The molecule has 2 aliphatic rings. The van der Waals surface area contributed by atoms with Gasteiger partial charge in [0.25, 0.3) is 5.92 Å². The predicted octanol–water partition coefficient (Wildman–Crippen LogP) is 1.86. The van der Waals surface area contributed by atoms with Crippen LogP contribution in [0.2, 0.25) is 0 Å². The highest BCUT2D eigenvalue weighted by Gasteiger charge is 2.39. The molecular weight excluding hydrogens is 198 g/mol. The quantitative estimate of drug-likeness (QED) is 0.778. The van der Waals surface area contributed by atoms with E-state index in [0.29, 0.717) is 6.04 Å². The van der Waals surface area contributed by atoms with E-state index in [1.54, 1.807) is 0 Å². The number of hydrogen-bond donors (Lipinski definition) is 1. The van der Waals surface area contributed by atoms with Crippen LogP contribution in [-0.2, 0) is 0 Å². The molecule has 2 fully saturated rings. The smallest absolute Gasteiger partial charge is 0.261 e. The van der Waals surface area contributed by atoms with Crippen molar-refractivity contribution in [1.29, 1.82) is 0 Å². The number of rotatable bonds is 3. The minimum absolute atomic E-state index is 0.00403. The molecule has 0 bridgehead atoms. The maximum atomic E-state index is 12.9. The van der Waals surface area contributed by atoms with Crippen molar-refractivity contribution in [3.8, 4) is 0 Å². The lowest BCUT2D eigenvalue weighted by atomic mass is 10.1. The molecule has 2 nitrogen and oxygen atoms in total. The van der Waals surface area contributed by atoms with Crippen molar-refractivity contribution >= 4 is 0 Å². The number of nitrogens with one attached hydrogen (secondary N) is 1. The SMILES string of the molecule is CN(CC1CC(F)(F)CN1)C1CCCC1. The van der Waals surface area contributed by atoms with Crippen molar-refractivity contribution < 1.29 is 8.78 Å². The summed E-state index contributed by atoms with van der Waals surface area (Å²) in [5, 5.41) is 2.91. The van der Waals surface area contributed by atoms with Gasteiger partial charge in [0.15, 0.2) is 0 Å². The van der Waals surface area contributed by atoms with Crippen LogP contribution in [0.5, 0.6) is 0 Å². The van der Waals surface area contributed by atoms with Gasteiger partial charge in [-0.25, -0.2) is 8.78 Å². The van der Waals surface area contributed by atoms with E-state index in [2.05, 4.69) is 17.3 Å². The van der Waals surface area contributed by atoms with Crippen LogP contribution in [0.25, 0.3) is 0 Å². The maximum Gasteiger partial charge on any atom is 0.261 e. The summed E-state index contributed by atoms with van der Waals surface area (Å²) in [6.07, 6.45) is 5.07. The van der Waals surface area contributed by atoms with E-state index < -0.39 is 5.92 Å². The molecule has 0 amide bonds. The summed E-state index contributed by atoms with van der Waals surface area (Å²) < 4.78 is 25.9. The minimum Gasteiger partial charge on any atom is -0.307 e. The lowest BCUT2D eigenvalue weighted by Crippen LogP contribution is -2.39. The summed E-state index contributed by atoms with van der Waals surface area (Å²) >= 11 is 0. The number of hydrogen-bond acceptors (Lipinski definition) is 2. The molecule has 1 unspecified atom stereocenters. The van der Waals surface area contributed by atoms with Crippen molar-refractivity contribution in [2.24, 2.45) is 0 Å². The molecule has 0 radical (unpaired) electrons. The second-order valence-corrected chi connectivity index (χ2v) is 5.02. The third kappa shape index (κ3) is 2.88. The van der Waals surface area contributed by atoms with Gasteiger partial charge in [0.05, 0.1) is 6.54 Å². The fourth-order valence-corrected chi connectivity index (χ4v) is 2.77. The normalized spacial score (nSPS) is 31.6. The average molecular weight is 218 g/mol. The van der Waals surface area contributed by atoms with Gasteiger partial charge >= 0.3 is 0 Å². The molecule has 0 aromatic carbocycles. The van der Waals surface area contributed by atoms with E-state index in [4.69, 9.17) is 0 Å². The van der Waals surface area contributed by atoms with E-state index in [1.807, 2.05) is 0 Å². The van der Waals surface area contributed by atoms with E-state index in [9.17, 15) is 8.78 Å². The predicted molar refractivity (Wildman–Crippen MR) is 56.2 cm³/mol. The van der Waals surface area contributed by atoms with Crippen molar-refractivity contribution in [2.75, 3.05) is 20.1 Å². The average Bonchev–Trinajstić information content (AvgIpc) is 2.74. The third-order valence-corrected chi connectivity index (χ3v) is 3.65. The van der Waals surface area contributed by atoms with E-state index in [1.165, 1.54) is 25.7 Å². The lowest BCUT2D eigenvalue weighted by Gasteiger charge is -2.26. The van der Waals surface area contributed by atoms with Crippen molar-refractivity contribution in [3.05, 3.63) is 0 Å². The molecule has 1 aliphatic carbocycles.